The summed E-state index contributed by atoms with van der Waals surface area (Å²) in [4.78, 5) is 13.4. The molecule has 1 amide bonds. The van der Waals surface area contributed by atoms with Crippen LogP contribution < -0.4 is 0 Å². The summed E-state index contributed by atoms with van der Waals surface area (Å²) >= 11 is 0. The molecular formula is C11H21NO3. The molecule has 2 unspecified atom stereocenters. The number of aliphatic hydroxyl groups is 1. The van der Waals surface area contributed by atoms with Crippen LogP contribution in [-0.4, -0.2) is 48.3 Å². The summed E-state index contributed by atoms with van der Waals surface area (Å²) in [6.45, 7) is 5.99. The molecule has 1 aliphatic heterocycles. The Morgan fingerprint density at radius 3 is 2.87 bits per heavy atom. The lowest BCUT2D eigenvalue weighted by Crippen LogP contribution is -2.47. The Hall–Kier alpha value is -0.610. The van der Waals surface area contributed by atoms with E-state index in [4.69, 9.17) is 4.74 Å². The first kappa shape index (κ1) is 12.5. The topological polar surface area (TPSA) is 49.8 Å². The number of ether oxygens (including phenoxy) is 1. The smallest absolute Gasteiger partial charge is 0.248 e. The van der Waals surface area contributed by atoms with Crippen molar-refractivity contribution in [3.8, 4) is 0 Å². The van der Waals surface area contributed by atoms with Crippen molar-refractivity contribution < 1.29 is 14.6 Å². The minimum atomic E-state index is -0.244. The highest BCUT2D eigenvalue weighted by molar-refractivity contribution is 5.77. The van der Waals surface area contributed by atoms with Crippen LogP contribution in [0, 0.1) is 5.92 Å². The van der Waals surface area contributed by atoms with E-state index in [1.807, 2.05) is 13.8 Å². The molecule has 1 aliphatic rings. The maximum atomic E-state index is 11.6. The van der Waals surface area contributed by atoms with Gasteiger partial charge in [0.25, 0.3) is 0 Å². The van der Waals surface area contributed by atoms with Crippen molar-refractivity contribution in [3.63, 3.8) is 0 Å². The third-order valence-corrected chi connectivity index (χ3v) is 3.00. The first-order valence-electron chi connectivity index (χ1n) is 5.72. The molecule has 0 aromatic rings. The molecule has 4 heteroatoms. The molecule has 1 N–H and O–H groups in total. The third kappa shape index (κ3) is 3.47. The highest BCUT2D eigenvalue weighted by Crippen LogP contribution is 2.19. The van der Waals surface area contributed by atoms with Crippen LogP contribution in [0.25, 0.3) is 0 Å². The average molecular weight is 215 g/mol. The maximum Gasteiger partial charge on any atom is 0.248 e. The molecule has 2 atom stereocenters. The van der Waals surface area contributed by atoms with E-state index in [1.54, 1.807) is 4.90 Å². The molecule has 1 fully saturated rings. The van der Waals surface area contributed by atoms with Crippen molar-refractivity contribution >= 4 is 5.91 Å². The summed E-state index contributed by atoms with van der Waals surface area (Å²) < 4.78 is 5.09. The minimum absolute atomic E-state index is 0.0437. The van der Waals surface area contributed by atoms with Crippen LogP contribution in [0.1, 0.15) is 26.7 Å². The van der Waals surface area contributed by atoms with Gasteiger partial charge in [-0.2, -0.15) is 0 Å². The number of rotatable bonds is 4. The second-order valence-corrected chi connectivity index (χ2v) is 4.00. The van der Waals surface area contributed by atoms with Crippen LogP contribution in [0.5, 0.6) is 0 Å². The van der Waals surface area contributed by atoms with E-state index in [0.29, 0.717) is 26.1 Å². The van der Waals surface area contributed by atoms with Crippen molar-refractivity contribution in [2.45, 2.75) is 32.8 Å². The normalized spacial score (nSPS) is 26.7. The van der Waals surface area contributed by atoms with E-state index in [-0.39, 0.29) is 24.5 Å². The SMILES string of the molecule is CCOCC(=O)N1CCC(O)C(CC)C1. The summed E-state index contributed by atoms with van der Waals surface area (Å²) in [5.74, 6) is 0.270. The lowest BCUT2D eigenvalue weighted by molar-refractivity contribution is -0.139. The van der Waals surface area contributed by atoms with E-state index in [1.165, 1.54) is 0 Å². The molecule has 0 bridgehead atoms. The maximum absolute atomic E-state index is 11.6. The Balaban J connectivity index is 2.40. The summed E-state index contributed by atoms with van der Waals surface area (Å²) in [5, 5.41) is 9.68. The van der Waals surface area contributed by atoms with Gasteiger partial charge in [-0.3, -0.25) is 4.79 Å². The zero-order valence-electron chi connectivity index (χ0n) is 9.61. The standard InChI is InChI=1S/C11H21NO3/c1-3-9-7-12(6-5-10(9)13)11(14)8-15-4-2/h9-10,13H,3-8H2,1-2H3. The quantitative estimate of drug-likeness (QED) is 0.749. The van der Waals surface area contributed by atoms with Crippen LogP contribution >= 0.6 is 0 Å². The Labute approximate surface area is 91.2 Å². The lowest BCUT2D eigenvalue weighted by atomic mass is 9.92. The second kappa shape index (κ2) is 6.08. The Bertz CT molecular complexity index is 208. The summed E-state index contributed by atoms with van der Waals surface area (Å²) in [7, 11) is 0. The van der Waals surface area contributed by atoms with Crippen LogP contribution in [0.4, 0.5) is 0 Å². The Morgan fingerprint density at radius 1 is 1.53 bits per heavy atom. The van der Waals surface area contributed by atoms with E-state index in [0.717, 1.165) is 6.42 Å². The van der Waals surface area contributed by atoms with Gasteiger partial charge in [0.15, 0.2) is 0 Å². The van der Waals surface area contributed by atoms with Gasteiger partial charge >= 0.3 is 0 Å². The van der Waals surface area contributed by atoms with Gasteiger partial charge in [-0.15, -0.1) is 0 Å². The summed E-state index contributed by atoms with van der Waals surface area (Å²) in [6, 6.07) is 0. The largest absolute Gasteiger partial charge is 0.393 e. The molecule has 1 saturated heterocycles. The molecule has 88 valence electrons. The van der Waals surface area contributed by atoms with Crippen molar-refractivity contribution in [1.29, 1.82) is 0 Å². The Morgan fingerprint density at radius 2 is 2.27 bits per heavy atom. The van der Waals surface area contributed by atoms with Gasteiger partial charge in [0.1, 0.15) is 6.61 Å². The third-order valence-electron chi connectivity index (χ3n) is 3.00. The number of nitrogens with zero attached hydrogens (tertiary/aromatic N) is 1. The van der Waals surface area contributed by atoms with Crippen molar-refractivity contribution in [3.05, 3.63) is 0 Å². The highest BCUT2D eigenvalue weighted by atomic mass is 16.5. The second-order valence-electron chi connectivity index (χ2n) is 4.00. The van der Waals surface area contributed by atoms with Gasteiger partial charge in [0.2, 0.25) is 5.91 Å². The van der Waals surface area contributed by atoms with Crippen LogP contribution in [0.2, 0.25) is 0 Å². The fourth-order valence-corrected chi connectivity index (χ4v) is 1.93. The fraction of sp³-hybridized carbons (Fsp3) is 0.909. The molecule has 0 saturated carbocycles. The molecule has 1 rings (SSSR count). The van der Waals surface area contributed by atoms with Gasteiger partial charge in [0, 0.05) is 25.6 Å². The molecule has 0 aromatic carbocycles. The number of hydrogen-bond donors (Lipinski definition) is 1. The first-order chi connectivity index (χ1) is 7.19. The zero-order valence-corrected chi connectivity index (χ0v) is 9.61. The molecule has 0 spiro atoms. The van der Waals surface area contributed by atoms with E-state index in [2.05, 4.69) is 0 Å². The lowest BCUT2D eigenvalue weighted by Gasteiger charge is -2.35. The molecule has 15 heavy (non-hydrogen) atoms. The molecule has 0 aliphatic carbocycles. The molecular weight excluding hydrogens is 194 g/mol. The first-order valence-corrected chi connectivity index (χ1v) is 5.72. The number of aliphatic hydroxyl groups excluding tert-OH is 1. The summed E-state index contributed by atoms with van der Waals surface area (Å²) in [6.07, 6.45) is 1.36. The fourth-order valence-electron chi connectivity index (χ4n) is 1.93. The minimum Gasteiger partial charge on any atom is -0.393 e. The molecule has 1 heterocycles. The van der Waals surface area contributed by atoms with E-state index < -0.39 is 0 Å². The highest BCUT2D eigenvalue weighted by Gasteiger charge is 2.28. The number of carbonyl (C=O) groups is 1. The van der Waals surface area contributed by atoms with Crippen molar-refractivity contribution in [1.82, 2.24) is 4.90 Å². The van der Waals surface area contributed by atoms with Crippen LogP contribution in [0.3, 0.4) is 0 Å². The van der Waals surface area contributed by atoms with E-state index >= 15 is 0 Å². The summed E-state index contributed by atoms with van der Waals surface area (Å²) in [5.41, 5.74) is 0. The number of carbonyl (C=O) groups excluding carboxylic acids is 1. The van der Waals surface area contributed by atoms with Crippen LogP contribution in [0.15, 0.2) is 0 Å². The predicted molar refractivity (Wildman–Crippen MR) is 57.5 cm³/mol. The zero-order chi connectivity index (χ0) is 11.3. The van der Waals surface area contributed by atoms with E-state index in [9.17, 15) is 9.90 Å². The van der Waals surface area contributed by atoms with Gasteiger partial charge in [-0.25, -0.2) is 0 Å². The predicted octanol–water partition coefficient (Wildman–Crippen LogP) is 0.642. The monoisotopic (exact) mass is 215 g/mol. The van der Waals surface area contributed by atoms with Gasteiger partial charge < -0.3 is 14.7 Å². The number of piperidine rings is 1. The van der Waals surface area contributed by atoms with Gasteiger partial charge in [0.05, 0.1) is 6.10 Å². The molecule has 4 nitrogen and oxygen atoms in total. The van der Waals surface area contributed by atoms with Gasteiger partial charge in [-0.05, 0) is 19.8 Å². The van der Waals surface area contributed by atoms with Gasteiger partial charge in [-0.1, -0.05) is 6.92 Å². The molecule has 0 radical (unpaired) electrons. The van der Waals surface area contributed by atoms with Crippen molar-refractivity contribution in [2.24, 2.45) is 5.92 Å². The Kier molecular flexibility index (Phi) is 5.05. The molecule has 0 aromatic heterocycles. The average Bonchev–Trinajstić information content (AvgIpc) is 2.26. The number of likely N-dealkylation sites (tertiary alicyclic amines) is 1. The number of hydrogen-bond acceptors (Lipinski definition) is 3. The number of amides is 1. The van der Waals surface area contributed by atoms with Crippen LogP contribution in [-0.2, 0) is 9.53 Å². The van der Waals surface area contributed by atoms with Crippen molar-refractivity contribution in [2.75, 3.05) is 26.3 Å².